The van der Waals surface area contributed by atoms with Crippen molar-refractivity contribution in [2.24, 2.45) is 5.41 Å². The highest BCUT2D eigenvalue weighted by atomic mass is 35.5. The summed E-state index contributed by atoms with van der Waals surface area (Å²) < 4.78 is 0. The molecule has 0 nitrogen and oxygen atoms in total. The molecule has 0 aromatic heterocycles. The second-order valence-electron chi connectivity index (χ2n) is 5.77. The normalized spacial score (nSPS) is 23.9. The maximum atomic E-state index is 6.27. The molecule has 0 aromatic rings. The van der Waals surface area contributed by atoms with Gasteiger partial charge in [0.1, 0.15) is 0 Å². The lowest BCUT2D eigenvalue weighted by Gasteiger charge is -2.32. The van der Waals surface area contributed by atoms with Gasteiger partial charge in [0.15, 0.2) is 0 Å². The summed E-state index contributed by atoms with van der Waals surface area (Å²) in [7, 11) is 0. The van der Waals surface area contributed by atoms with Crippen LogP contribution in [0.15, 0.2) is 24.3 Å². The summed E-state index contributed by atoms with van der Waals surface area (Å²) in [6, 6.07) is 0. The number of allylic oxidation sites excluding steroid dienone is 3. The van der Waals surface area contributed by atoms with Gasteiger partial charge in [0.2, 0.25) is 0 Å². The van der Waals surface area contributed by atoms with Crippen LogP contribution in [-0.4, -0.2) is 5.38 Å². The molecule has 1 aliphatic carbocycles. The van der Waals surface area contributed by atoms with E-state index in [-0.39, 0.29) is 5.38 Å². The maximum Gasteiger partial charge on any atom is 0.0523 e. The summed E-state index contributed by atoms with van der Waals surface area (Å²) in [5.41, 5.74) is 1.98. The lowest BCUT2D eigenvalue weighted by atomic mass is 9.76. The zero-order valence-electron chi connectivity index (χ0n) is 10.8. The quantitative estimate of drug-likeness (QED) is 0.328. The summed E-state index contributed by atoms with van der Waals surface area (Å²) in [6.45, 7) is 8.40. The molecular formula is C15H25Cl. The highest BCUT2D eigenvalue weighted by molar-refractivity contribution is 6.21. The molecule has 1 rings (SSSR count). The number of unbranched alkanes of at least 4 members (excludes halogenated alkanes) is 3. The van der Waals surface area contributed by atoms with E-state index in [2.05, 4.69) is 26.5 Å². The third kappa shape index (κ3) is 5.21. The third-order valence-corrected chi connectivity index (χ3v) is 3.56. The smallest absolute Gasteiger partial charge is 0.0523 e. The minimum absolute atomic E-state index is 0.256. The summed E-state index contributed by atoms with van der Waals surface area (Å²) in [5.74, 6) is 0. The average Bonchev–Trinajstić information content (AvgIpc) is 2.14. The molecule has 0 N–H and O–H groups in total. The SMILES string of the molecule is C=CCCCCCC1=CC(Cl)CC(C)(C)C1. The lowest BCUT2D eigenvalue weighted by molar-refractivity contribution is 0.317. The molecular weight excluding hydrogens is 216 g/mol. The van der Waals surface area contributed by atoms with E-state index in [4.69, 9.17) is 11.6 Å². The van der Waals surface area contributed by atoms with E-state index in [0.29, 0.717) is 5.41 Å². The van der Waals surface area contributed by atoms with Crippen molar-refractivity contribution in [2.75, 3.05) is 0 Å². The number of hydrogen-bond acceptors (Lipinski definition) is 0. The van der Waals surface area contributed by atoms with E-state index in [0.717, 1.165) is 12.8 Å². The molecule has 92 valence electrons. The molecule has 0 amide bonds. The summed E-state index contributed by atoms with van der Waals surface area (Å²) >= 11 is 6.27. The van der Waals surface area contributed by atoms with E-state index in [1.54, 1.807) is 5.57 Å². The van der Waals surface area contributed by atoms with Gasteiger partial charge >= 0.3 is 0 Å². The molecule has 0 fully saturated rings. The van der Waals surface area contributed by atoms with Crippen LogP contribution < -0.4 is 0 Å². The van der Waals surface area contributed by atoms with E-state index in [1.807, 2.05) is 6.08 Å². The van der Waals surface area contributed by atoms with Crippen molar-refractivity contribution in [2.45, 2.75) is 64.2 Å². The first-order valence-electron chi connectivity index (χ1n) is 6.48. The summed E-state index contributed by atoms with van der Waals surface area (Å²) in [4.78, 5) is 0. The van der Waals surface area contributed by atoms with E-state index >= 15 is 0 Å². The fourth-order valence-electron chi connectivity index (χ4n) is 2.58. The maximum absolute atomic E-state index is 6.27. The molecule has 1 unspecified atom stereocenters. The van der Waals surface area contributed by atoms with Crippen molar-refractivity contribution in [3.05, 3.63) is 24.3 Å². The van der Waals surface area contributed by atoms with Crippen LogP contribution in [0.1, 0.15) is 58.8 Å². The third-order valence-electron chi connectivity index (χ3n) is 3.28. The zero-order chi connectivity index (χ0) is 12.0. The number of rotatable bonds is 6. The van der Waals surface area contributed by atoms with Gasteiger partial charge in [-0.3, -0.25) is 0 Å². The average molecular weight is 241 g/mol. The number of hydrogen-bond donors (Lipinski definition) is 0. The van der Waals surface area contributed by atoms with Gasteiger partial charge in [0, 0.05) is 0 Å². The van der Waals surface area contributed by atoms with Crippen LogP contribution in [-0.2, 0) is 0 Å². The van der Waals surface area contributed by atoms with Crippen molar-refractivity contribution in [3.8, 4) is 0 Å². The Bertz CT molecular complexity index is 250. The van der Waals surface area contributed by atoms with Gasteiger partial charge in [0.25, 0.3) is 0 Å². The Morgan fingerprint density at radius 2 is 2.19 bits per heavy atom. The topological polar surface area (TPSA) is 0 Å². The van der Waals surface area contributed by atoms with Crippen molar-refractivity contribution in [1.29, 1.82) is 0 Å². The fourth-order valence-corrected chi connectivity index (χ4v) is 3.17. The van der Waals surface area contributed by atoms with E-state index in [9.17, 15) is 0 Å². The molecule has 1 atom stereocenters. The minimum atomic E-state index is 0.256. The summed E-state index contributed by atoms with van der Waals surface area (Å²) in [6.07, 6.45) is 13.0. The molecule has 0 saturated heterocycles. The van der Waals surface area contributed by atoms with Crippen LogP contribution in [0.2, 0.25) is 0 Å². The summed E-state index contributed by atoms with van der Waals surface area (Å²) in [5, 5.41) is 0.256. The lowest BCUT2D eigenvalue weighted by Crippen LogP contribution is -2.22. The van der Waals surface area contributed by atoms with Gasteiger partial charge < -0.3 is 0 Å². The zero-order valence-corrected chi connectivity index (χ0v) is 11.5. The second kappa shape index (κ2) is 6.49. The predicted octanol–water partition coefficient (Wildman–Crippen LogP) is 5.48. The Hall–Kier alpha value is -0.230. The molecule has 0 heterocycles. The first-order chi connectivity index (χ1) is 7.53. The highest BCUT2D eigenvalue weighted by Crippen LogP contribution is 2.38. The van der Waals surface area contributed by atoms with Crippen molar-refractivity contribution in [1.82, 2.24) is 0 Å². The van der Waals surface area contributed by atoms with Gasteiger partial charge in [-0.2, -0.15) is 0 Å². The number of alkyl halides is 1. The Labute approximate surface area is 106 Å². The number of halogens is 1. The Morgan fingerprint density at radius 3 is 2.81 bits per heavy atom. The van der Waals surface area contributed by atoms with Gasteiger partial charge in [-0.05, 0) is 43.9 Å². The Kier molecular flexibility index (Phi) is 5.61. The standard InChI is InChI=1S/C15H25Cl/c1-4-5-6-7-8-9-13-10-14(16)12-15(2,3)11-13/h4,10,14H,1,5-9,11-12H2,2-3H3. The minimum Gasteiger partial charge on any atom is -0.118 e. The van der Waals surface area contributed by atoms with Gasteiger partial charge in [-0.25, -0.2) is 0 Å². The first kappa shape index (κ1) is 13.8. The van der Waals surface area contributed by atoms with Crippen LogP contribution in [0, 0.1) is 5.41 Å². The van der Waals surface area contributed by atoms with Crippen molar-refractivity contribution < 1.29 is 0 Å². The molecule has 0 radical (unpaired) electrons. The van der Waals surface area contributed by atoms with Gasteiger partial charge in [-0.15, -0.1) is 18.2 Å². The molecule has 0 aliphatic heterocycles. The van der Waals surface area contributed by atoms with E-state index in [1.165, 1.54) is 32.1 Å². The van der Waals surface area contributed by atoms with Crippen LogP contribution in [0.4, 0.5) is 0 Å². The van der Waals surface area contributed by atoms with Crippen molar-refractivity contribution >= 4 is 11.6 Å². The molecule has 1 aliphatic rings. The fraction of sp³-hybridized carbons (Fsp3) is 0.733. The van der Waals surface area contributed by atoms with Gasteiger partial charge in [0.05, 0.1) is 5.38 Å². The molecule has 16 heavy (non-hydrogen) atoms. The Morgan fingerprint density at radius 1 is 1.44 bits per heavy atom. The highest BCUT2D eigenvalue weighted by Gasteiger charge is 2.27. The molecule has 0 saturated carbocycles. The van der Waals surface area contributed by atoms with Crippen molar-refractivity contribution in [3.63, 3.8) is 0 Å². The van der Waals surface area contributed by atoms with Crippen LogP contribution >= 0.6 is 11.6 Å². The van der Waals surface area contributed by atoms with Gasteiger partial charge in [-0.1, -0.05) is 38.0 Å². The second-order valence-corrected chi connectivity index (χ2v) is 6.33. The van der Waals surface area contributed by atoms with Crippen LogP contribution in [0.5, 0.6) is 0 Å². The molecule has 0 bridgehead atoms. The Balaban J connectivity index is 2.28. The van der Waals surface area contributed by atoms with Crippen LogP contribution in [0.3, 0.4) is 0 Å². The molecule has 1 heteroatoms. The van der Waals surface area contributed by atoms with Crippen LogP contribution in [0.25, 0.3) is 0 Å². The molecule has 0 spiro atoms. The largest absolute Gasteiger partial charge is 0.118 e. The van der Waals surface area contributed by atoms with E-state index < -0.39 is 0 Å². The monoisotopic (exact) mass is 240 g/mol. The first-order valence-corrected chi connectivity index (χ1v) is 6.92. The predicted molar refractivity (Wildman–Crippen MR) is 74.0 cm³/mol. The molecule has 0 aromatic carbocycles.